The number of nitrogens with zero attached hydrogens (tertiary/aromatic N) is 8. The van der Waals surface area contributed by atoms with Gasteiger partial charge in [-0.05, 0) is 68.4 Å². The third-order valence-corrected chi connectivity index (χ3v) is 8.18. The molecule has 3 N–H and O–H groups in total. The summed E-state index contributed by atoms with van der Waals surface area (Å²) in [5, 5.41) is 33.7. The number of ether oxygens (including phenoxy) is 1. The number of phenols is 1. The fraction of sp³-hybridized carbons (Fsp3) is 0.0250. The van der Waals surface area contributed by atoms with Crippen LogP contribution in [0.3, 0.4) is 0 Å². The number of benzene rings is 6. The van der Waals surface area contributed by atoms with Gasteiger partial charge in [-0.2, -0.15) is 9.36 Å². The van der Waals surface area contributed by atoms with Crippen LogP contribution in [-0.4, -0.2) is 58.0 Å². The summed E-state index contributed by atoms with van der Waals surface area (Å²) >= 11 is 0. The lowest BCUT2D eigenvalue weighted by molar-refractivity contribution is -0.119. The molecule has 0 saturated heterocycles. The Morgan fingerprint density at radius 2 is 0.963 bits per heavy atom. The number of aromatic hydroxyl groups is 1. The van der Waals surface area contributed by atoms with Crippen LogP contribution in [0.1, 0.15) is 0 Å². The zero-order valence-corrected chi connectivity index (χ0v) is 28.2. The average Bonchev–Trinajstić information content (AvgIpc) is 3.89. The van der Waals surface area contributed by atoms with E-state index in [2.05, 4.69) is 31.1 Å². The molecule has 0 atom stereocenters. The molecule has 8 rings (SSSR count). The molecule has 266 valence electrons. The highest BCUT2D eigenvalue weighted by Crippen LogP contribution is 2.38. The maximum atomic E-state index is 14.3. The first-order valence-electron chi connectivity index (χ1n) is 16.4. The normalized spacial score (nSPS) is 10.7. The number of amides is 1. The third-order valence-electron chi connectivity index (χ3n) is 8.18. The summed E-state index contributed by atoms with van der Waals surface area (Å²) in [6.07, 6.45) is 0. The van der Waals surface area contributed by atoms with E-state index in [0.717, 1.165) is 16.7 Å². The van der Waals surface area contributed by atoms with Gasteiger partial charge in [0.15, 0.2) is 18.3 Å². The van der Waals surface area contributed by atoms with Crippen LogP contribution in [0.4, 0.5) is 8.78 Å². The molecule has 0 bridgehead atoms. The summed E-state index contributed by atoms with van der Waals surface area (Å²) in [4.78, 5) is 11.1. The van der Waals surface area contributed by atoms with E-state index in [0.29, 0.717) is 34.1 Å². The zero-order valence-electron chi connectivity index (χ0n) is 28.2. The first-order chi connectivity index (χ1) is 26.4. The van der Waals surface area contributed by atoms with E-state index in [4.69, 9.17) is 10.5 Å². The fourth-order valence-corrected chi connectivity index (χ4v) is 5.77. The maximum absolute atomic E-state index is 14.3. The van der Waals surface area contributed by atoms with Gasteiger partial charge < -0.3 is 15.6 Å². The zero-order chi connectivity index (χ0) is 37.4. The number of phenolic OH excluding ortho intramolecular Hbond substituents is 1. The number of carbonyl (C=O) groups is 1. The van der Waals surface area contributed by atoms with Crippen molar-refractivity contribution in [2.24, 2.45) is 5.73 Å². The fourth-order valence-electron chi connectivity index (χ4n) is 5.77. The second kappa shape index (κ2) is 15.7. The summed E-state index contributed by atoms with van der Waals surface area (Å²) in [5.74, 6) is -0.0284. The van der Waals surface area contributed by atoms with Crippen molar-refractivity contribution in [2.75, 3.05) is 6.61 Å². The van der Waals surface area contributed by atoms with Crippen molar-refractivity contribution in [3.8, 4) is 67.9 Å². The third kappa shape index (κ3) is 7.25. The molecular formula is C40H29F2N9O3. The number of nitrogens with two attached hydrogens (primary N) is 1. The van der Waals surface area contributed by atoms with E-state index in [1.54, 1.807) is 60.7 Å². The van der Waals surface area contributed by atoms with Crippen LogP contribution in [0.25, 0.3) is 56.4 Å². The van der Waals surface area contributed by atoms with Gasteiger partial charge in [-0.1, -0.05) is 109 Å². The van der Waals surface area contributed by atoms with Crippen molar-refractivity contribution in [1.82, 2.24) is 40.4 Å². The van der Waals surface area contributed by atoms with Crippen molar-refractivity contribution in [2.45, 2.75) is 0 Å². The van der Waals surface area contributed by atoms with E-state index < -0.39 is 17.5 Å². The van der Waals surface area contributed by atoms with E-state index in [-0.39, 0.29) is 23.7 Å². The van der Waals surface area contributed by atoms with E-state index in [1.807, 2.05) is 72.8 Å². The van der Waals surface area contributed by atoms with Crippen molar-refractivity contribution >= 4 is 5.91 Å². The van der Waals surface area contributed by atoms with Crippen LogP contribution in [0.5, 0.6) is 11.5 Å². The minimum atomic E-state index is -0.573. The molecule has 0 radical (unpaired) electrons. The van der Waals surface area contributed by atoms with E-state index in [1.165, 1.54) is 21.5 Å². The summed E-state index contributed by atoms with van der Waals surface area (Å²) in [6.45, 7) is -0.244. The van der Waals surface area contributed by atoms with Crippen molar-refractivity contribution in [1.29, 1.82) is 0 Å². The highest BCUT2D eigenvalue weighted by atomic mass is 19.1. The van der Waals surface area contributed by atoms with Crippen LogP contribution < -0.4 is 10.5 Å². The van der Waals surface area contributed by atoms with Gasteiger partial charge in [-0.15, -0.1) is 10.2 Å². The summed E-state index contributed by atoms with van der Waals surface area (Å²) in [5.41, 5.74) is 9.97. The Bertz CT molecular complexity index is 2570. The molecule has 0 spiro atoms. The standard InChI is InChI=1S/C21H16FN5O2.C19H13FN4O/c22-17-10-4-5-11-18(17)27-21(24-25-26-27)16-9-2-1-7-14(16)15-8-3-6-12-19(15)29-13-20(23)28;20-16-10-4-5-11-17(16)24-19(21-22-23-24)15-9-2-1-7-13(15)14-8-3-6-12-18(14)25/h1-12H,13H2,(H2,23,28);1-12,25H. The minimum absolute atomic E-state index is 0.153. The van der Waals surface area contributed by atoms with Crippen molar-refractivity contribution < 1.29 is 23.4 Å². The number of carbonyl (C=O) groups excluding carboxylic acids is 1. The lowest BCUT2D eigenvalue weighted by Gasteiger charge is -2.14. The monoisotopic (exact) mass is 721 g/mol. The smallest absolute Gasteiger partial charge is 0.255 e. The highest BCUT2D eigenvalue weighted by molar-refractivity contribution is 5.85. The minimum Gasteiger partial charge on any atom is -0.507 e. The highest BCUT2D eigenvalue weighted by Gasteiger charge is 2.20. The van der Waals surface area contributed by atoms with Gasteiger partial charge in [0, 0.05) is 22.3 Å². The summed E-state index contributed by atoms with van der Waals surface area (Å²) < 4.78 is 36.8. The Kier molecular flexibility index (Phi) is 10.1. The molecule has 12 nitrogen and oxygen atoms in total. The number of hydrogen-bond donors (Lipinski definition) is 2. The van der Waals surface area contributed by atoms with Crippen LogP contribution >= 0.6 is 0 Å². The molecule has 1 amide bonds. The number of primary amides is 1. The summed E-state index contributed by atoms with van der Waals surface area (Å²) in [6, 6.07) is 41.7. The molecule has 0 aliphatic carbocycles. The van der Waals surface area contributed by atoms with Gasteiger partial charge in [0.1, 0.15) is 34.5 Å². The van der Waals surface area contributed by atoms with Crippen LogP contribution in [-0.2, 0) is 4.79 Å². The molecule has 2 heterocycles. The molecule has 0 saturated carbocycles. The number of halogens is 2. The molecule has 0 fully saturated rings. The second-order valence-electron chi connectivity index (χ2n) is 11.6. The molecular weight excluding hydrogens is 692 g/mol. The molecule has 54 heavy (non-hydrogen) atoms. The Morgan fingerprint density at radius 1 is 0.556 bits per heavy atom. The second-order valence-corrected chi connectivity index (χ2v) is 11.6. The van der Waals surface area contributed by atoms with Gasteiger partial charge in [0.2, 0.25) is 0 Å². The SMILES string of the molecule is NC(=O)COc1ccccc1-c1ccccc1-c1nnnn1-c1ccccc1F.Oc1ccccc1-c1ccccc1-c1nnnn1-c1ccccc1F. The van der Waals surface area contributed by atoms with Gasteiger partial charge >= 0.3 is 0 Å². The van der Waals surface area contributed by atoms with Crippen molar-refractivity contribution in [3.05, 3.63) is 157 Å². The number of rotatable bonds is 9. The van der Waals surface area contributed by atoms with Gasteiger partial charge in [-0.3, -0.25) is 4.79 Å². The van der Waals surface area contributed by atoms with Gasteiger partial charge in [0.25, 0.3) is 5.91 Å². The largest absolute Gasteiger partial charge is 0.507 e. The van der Waals surface area contributed by atoms with Crippen LogP contribution in [0, 0.1) is 11.6 Å². The molecule has 0 aliphatic heterocycles. The number of hydrogen-bond acceptors (Lipinski definition) is 9. The first kappa shape index (κ1) is 34.8. The van der Waals surface area contributed by atoms with Gasteiger partial charge in [0.05, 0.1) is 0 Å². The lowest BCUT2D eigenvalue weighted by atomic mass is 9.98. The lowest BCUT2D eigenvalue weighted by Crippen LogP contribution is -2.20. The molecule has 0 aliphatic rings. The molecule has 8 aromatic rings. The number of tetrazole rings is 2. The number of para-hydroxylation sites is 4. The average molecular weight is 722 g/mol. The van der Waals surface area contributed by atoms with E-state index >= 15 is 0 Å². The van der Waals surface area contributed by atoms with E-state index in [9.17, 15) is 18.7 Å². The quantitative estimate of drug-likeness (QED) is 0.163. The molecule has 2 aromatic heterocycles. The Labute approximate surface area is 306 Å². The predicted molar refractivity (Wildman–Crippen MR) is 196 cm³/mol. The molecule has 14 heteroatoms. The Balaban J connectivity index is 0.000000168. The summed E-state index contributed by atoms with van der Waals surface area (Å²) in [7, 11) is 0. The van der Waals surface area contributed by atoms with Crippen molar-refractivity contribution in [3.63, 3.8) is 0 Å². The van der Waals surface area contributed by atoms with Crippen LogP contribution in [0.15, 0.2) is 146 Å². The number of aromatic nitrogens is 8. The Morgan fingerprint density at radius 3 is 1.46 bits per heavy atom. The Hall–Kier alpha value is -7.61. The maximum Gasteiger partial charge on any atom is 0.255 e. The van der Waals surface area contributed by atoms with Gasteiger partial charge in [-0.25, -0.2) is 8.78 Å². The van der Waals surface area contributed by atoms with Crippen LogP contribution in [0.2, 0.25) is 0 Å². The molecule has 6 aromatic carbocycles. The molecule has 0 unspecified atom stereocenters. The topological polar surface area (TPSA) is 160 Å². The predicted octanol–water partition coefficient (Wildman–Crippen LogP) is 6.84. The first-order valence-corrected chi connectivity index (χ1v) is 16.4.